The van der Waals surface area contributed by atoms with Gasteiger partial charge in [0.05, 0.1) is 44.5 Å². The fraction of sp³-hybridized carbons (Fsp3) is 0.0233. The maximum Gasteiger partial charge on any atom is 0.247 e. The van der Waals surface area contributed by atoms with E-state index in [0.29, 0.717) is 5.71 Å². The number of furan rings is 1. The zero-order valence-electron chi connectivity index (χ0n) is 76.9. The van der Waals surface area contributed by atoms with E-state index in [1.807, 2.05) is 52.2 Å². The minimum Gasteiger partial charge on any atom is -0.436 e. The van der Waals surface area contributed by atoms with E-state index in [2.05, 4.69) is 428 Å². The number of hydrogen-bond acceptors (Lipinski definition) is 11. The van der Waals surface area contributed by atoms with Crippen LogP contribution in [0.2, 0.25) is 0 Å². The van der Waals surface area contributed by atoms with Crippen molar-refractivity contribution in [2.45, 2.75) is 19.3 Å². The number of fused-ring (bicyclic) bond motifs is 36. The molecule has 33 rings (SSSR count). The highest BCUT2D eigenvalue weighted by Gasteiger charge is 2.40. The predicted octanol–water partition coefficient (Wildman–Crippen LogP) is 36.3. The highest BCUT2D eigenvalue weighted by Crippen LogP contribution is 2.53. The summed E-state index contributed by atoms with van der Waals surface area (Å²) >= 11 is 7.21. The Morgan fingerprint density at radius 1 is 0.231 bits per heavy atom. The molecule has 11 aromatic heterocycles. The Bertz CT molecular complexity index is 11200. The van der Waals surface area contributed by atoms with Crippen molar-refractivity contribution in [3.05, 3.63) is 430 Å². The van der Waals surface area contributed by atoms with Crippen LogP contribution in [0.5, 0.6) is 0 Å². The van der Waals surface area contributed by atoms with Gasteiger partial charge < -0.3 is 4.42 Å². The molecule has 0 fully saturated rings. The summed E-state index contributed by atoms with van der Waals surface area (Å²) in [7, 11) is 0. The van der Waals surface area contributed by atoms with Gasteiger partial charge in [-0.05, 0) is 156 Å². The lowest BCUT2D eigenvalue weighted by atomic mass is 9.85. The fourth-order valence-electron chi connectivity index (χ4n) is 23.2. The summed E-state index contributed by atoms with van der Waals surface area (Å²) in [5.41, 5.74) is 19.7. The van der Waals surface area contributed by atoms with E-state index >= 15 is 0 Å². The minimum absolute atomic E-state index is 0.280. The molecule has 32 aromatic rings. The zero-order valence-corrected chi connectivity index (χ0v) is 80.2. The SMILES string of the molecule is CC1(C)c2ccccc2-c2nc(-n3c4cc5ccccc5cc4c4ccc5ccccc5c43)c(-c3ccc4c(c3)sc3ccccc34)nc21.c1ccc2cc3c(cc2c1)c1c2ccccc2ccc1n3-c1nc2c(nc1-c1ccc3c(c1)sc1ccccc13)oc1ccccc12.c1ccc2cc3c(cc2c1)c1ccc2ccccc2c1n3-c1nc2c(nc1-c1ccc3c(c1)sc1ccccc13)sc1ccccc12. The number of nitrogens with zero attached hydrogens (tertiary/aromatic N) is 9. The highest BCUT2D eigenvalue weighted by atomic mass is 32.1. The smallest absolute Gasteiger partial charge is 0.247 e. The predicted molar refractivity (Wildman–Crippen MR) is 607 cm³/mol. The van der Waals surface area contributed by atoms with Crippen LogP contribution in [0.15, 0.2) is 423 Å². The van der Waals surface area contributed by atoms with Gasteiger partial charge in [-0.15, -0.1) is 45.3 Å². The third kappa shape index (κ3) is 12.1. The van der Waals surface area contributed by atoms with Crippen LogP contribution in [0.25, 0.3) is 296 Å². The third-order valence-electron chi connectivity index (χ3n) is 29.9. The Labute approximate surface area is 831 Å². The molecule has 0 amide bonds. The number of para-hydroxylation sites is 1. The normalized spacial score (nSPS) is 12.7. The van der Waals surface area contributed by atoms with Crippen molar-refractivity contribution in [1.82, 2.24) is 43.6 Å². The number of aromatic nitrogens is 9. The Hall–Kier alpha value is -17.5. The summed E-state index contributed by atoms with van der Waals surface area (Å²) in [6.45, 7) is 4.57. The number of hydrogen-bond donors (Lipinski definition) is 0. The van der Waals surface area contributed by atoms with Crippen molar-refractivity contribution in [1.29, 1.82) is 0 Å². The lowest BCUT2D eigenvalue weighted by molar-refractivity contribution is 0.635. The second-order valence-electron chi connectivity index (χ2n) is 38.2. The molecule has 0 aliphatic heterocycles. The molecule has 0 radical (unpaired) electrons. The molecule has 666 valence electrons. The van der Waals surface area contributed by atoms with E-state index < -0.39 is 0 Å². The van der Waals surface area contributed by atoms with Crippen molar-refractivity contribution in [3.8, 4) is 62.5 Å². The van der Waals surface area contributed by atoms with Gasteiger partial charge in [0.2, 0.25) is 5.71 Å². The summed E-state index contributed by atoms with van der Waals surface area (Å²) in [6, 6.07) is 151. The molecule has 0 spiro atoms. The van der Waals surface area contributed by atoms with Gasteiger partial charge in [-0.25, -0.2) is 29.9 Å². The quantitative estimate of drug-likeness (QED) is 0.163. The molecular formula is C129H75N9OS4. The first-order chi connectivity index (χ1) is 70.6. The lowest BCUT2D eigenvalue weighted by Crippen LogP contribution is -2.18. The molecule has 21 aromatic carbocycles. The van der Waals surface area contributed by atoms with Gasteiger partial charge in [-0.3, -0.25) is 13.7 Å². The first kappa shape index (κ1) is 80.4. The standard InChI is InChI=1S/C45H29N3S.C42H23N3OS.C42H23N3S2/c1-45(2)36-17-9-7-16-34(36)41-43(45)46-40(29-20-21-32-31-15-8-10-18-38(31)49-39(32)25-29)44(47-41)48-37-24-28-13-4-3-12-27(28)23-35(37)33-22-19-26-11-5-6-14-30(26)42(33)48;1-2-11-26-22-34-32(21-25(26)10-1)38-28-12-4-3-9-24(28)18-20-33(38)45(34)41-39(44-42-40(43-41)31-14-5-7-15-35(31)46-42)27-17-19-30-29-13-6-8-16-36(29)47-37(30)23-27;1-2-11-26-22-34-33(21-25(26)10-1)31-20-17-24-9-3-4-12-28(24)40(31)45(34)41-38(44-42-39(43-41)32-14-6-8-16-36(32)47-42)27-18-19-30-29-13-5-7-15-35(29)46-37(30)23-27/h3-25H,1-2H3;2*1-23H. The third-order valence-corrected chi connectivity index (χ3v) is 34.3. The van der Waals surface area contributed by atoms with E-state index in [9.17, 15) is 0 Å². The van der Waals surface area contributed by atoms with Crippen LogP contribution in [0.3, 0.4) is 0 Å². The number of thiophene rings is 4. The van der Waals surface area contributed by atoms with Crippen molar-refractivity contribution < 1.29 is 4.42 Å². The summed E-state index contributed by atoms with van der Waals surface area (Å²) in [5, 5.41) is 31.6. The topological polar surface area (TPSA) is 105 Å². The molecule has 1 aliphatic carbocycles. The molecule has 0 saturated carbocycles. The molecule has 11 heterocycles. The van der Waals surface area contributed by atoms with Gasteiger partial charge in [0, 0.05) is 147 Å². The number of rotatable bonds is 6. The molecule has 0 N–H and O–H groups in total. The first-order valence-electron chi connectivity index (χ1n) is 48.3. The molecule has 0 unspecified atom stereocenters. The molecule has 143 heavy (non-hydrogen) atoms. The van der Waals surface area contributed by atoms with E-state index in [-0.39, 0.29) is 5.41 Å². The van der Waals surface area contributed by atoms with Crippen molar-refractivity contribution in [2.24, 2.45) is 0 Å². The summed E-state index contributed by atoms with van der Waals surface area (Å²) in [4.78, 5) is 34.2. The Balaban J connectivity index is 0.0000000981. The maximum atomic E-state index is 6.33. The summed E-state index contributed by atoms with van der Waals surface area (Å²) in [5.74, 6) is 2.50. The van der Waals surface area contributed by atoms with E-state index in [1.54, 1.807) is 11.3 Å². The van der Waals surface area contributed by atoms with Gasteiger partial charge in [-0.2, -0.15) is 0 Å². The molecule has 10 nitrogen and oxygen atoms in total. The fourth-order valence-corrected chi connectivity index (χ4v) is 27.6. The first-order valence-corrected chi connectivity index (χ1v) is 51.6. The van der Waals surface area contributed by atoms with Gasteiger partial charge in [0.25, 0.3) is 0 Å². The minimum atomic E-state index is -0.280. The van der Waals surface area contributed by atoms with Crippen LogP contribution >= 0.6 is 45.3 Å². The highest BCUT2D eigenvalue weighted by molar-refractivity contribution is 7.27. The monoisotopic (exact) mass is 1890 g/mol. The maximum absolute atomic E-state index is 6.33. The lowest BCUT2D eigenvalue weighted by Gasteiger charge is -2.21. The molecule has 0 bridgehead atoms. The van der Waals surface area contributed by atoms with E-state index in [4.69, 9.17) is 34.3 Å². The van der Waals surface area contributed by atoms with Gasteiger partial charge in [0.1, 0.15) is 38.5 Å². The average Bonchev–Trinajstić information content (AvgIpc) is 1.55. The van der Waals surface area contributed by atoms with Crippen LogP contribution in [-0.2, 0) is 5.41 Å². The Morgan fingerprint density at radius 3 is 1.13 bits per heavy atom. The second kappa shape index (κ2) is 30.8. The van der Waals surface area contributed by atoms with Crippen molar-refractivity contribution in [2.75, 3.05) is 0 Å². The average molecular weight is 1900 g/mol. The largest absolute Gasteiger partial charge is 0.436 e. The summed E-state index contributed by atoms with van der Waals surface area (Å²) in [6.07, 6.45) is 0. The molecule has 1 aliphatic rings. The van der Waals surface area contributed by atoms with Crippen LogP contribution in [-0.4, -0.2) is 43.6 Å². The van der Waals surface area contributed by atoms with Crippen molar-refractivity contribution in [3.63, 3.8) is 0 Å². The van der Waals surface area contributed by atoms with Crippen LogP contribution in [0.1, 0.15) is 25.1 Å². The van der Waals surface area contributed by atoms with E-state index in [1.165, 1.54) is 173 Å². The number of benzene rings is 21. The van der Waals surface area contributed by atoms with Gasteiger partial charge >= 0.3 is 0 Å². The Kier molecular flexibility index (Phi) is 17.3. The molecular weight excluding hydrogens is 1820 g/mol. The van der Waals surface area contributed by atoms with Gasteiger partial charge in [0.15, 0.2) is 17.5 Å². The van der Waals surface area contributed by atoms with Crippen LogP contribution in [0, 0.1) is 0 Å². The van der Waals surface area contributed by atoms with Crippen LogP contribution < -0.4 is 0 Å². The van der Waals surface area contributed by atoms with Gasteiger partial charge in [-0.1, -0.05) is 335 Å². The second-order valence-corrected chi connectivity index (χ2v) is 42.5. The Morgan fingerprint density at radius 2 is 0.601 bits per heavy atom. The van der Waals surface area contributed by atoms with Crippen molar-refractivity contribution >= 4 is 279 Å². The zero-order chi connectivity index (χ0) is 93.7. The molecule has 0 atom stereocenters. The van der Waals surface area contributed by atoms with Crippen LogP contribution in [0.4, 0.5) is 0 Å². The summed E-state index contributed by atoms with van der Waals surface area (Å²) < 4.78 is 22.3. The molecule has 14 heteroatoms. The molecule has 0 saturated heterocycles. The van der Waals surface area contributed by atoms with E-state index in [0.717, 1.165) is 128 Å².